The highest BCUT2D eigenvalue weighted by Gasteiger charge is 1.86. The minimum Gasteiger partial charge on any atom is -0.396 e. The van der Waals surface area contributed by atoms with Gasteiger partial charge in [0.25, 0.3) is 0 Å². The molecule has 62 valence electrons. The highest BCUT2D eigenvalue weighted by atomic mass is 16.2. The first-order chi connectivity index (χ1) is 5.35. The van der Waals surface area contributed by atoms with Gasteiger partial charge >= 0.3 is 0 Å². The molecule has 0 aromatic heterocycles. The fraction of sp³-hybridized carbons (Fsp3) is 0.400. The van der Waals surface area contributed by atoms with E-state index in [-0.39, 0.29) is 6.61 Å². The molecular weight excluding hydrogens is 136 g/mol. The summed E-state index contributed by atoms with van der Waals surface area (Å²) in [6, 6.07) is 0. The highest BCUT2D eigenvalue weighted by Crippen LogP contribution is 2.01. The Labute approximate surface area is 68.7 Å². The van der Waals surface area contributed by atoms with Gasteiger partial charge in [0.15, 0.2) is 0 Å². The van der Waals surface area contributed by atoms with Crippen molar-refractivity contribution in [3.8, 4) is 0 Å². The van der Waals surface area contributed by atoms with Crippen LogP contribution in [-0.2, 0) is 0 Å². The fourth-order valence-corrected chi connectivity index (χ4v) is 0.743. The standard InChI is InChI=1S/C10H16O/c1-3-5-6-7-10(4-2)8-9-11/h3-7,11H,8-9H2,1-2H3/b5-3-,7-6-,10-4?. The molecule has 0 aliphatic heterocycles. The SMILES string of the molecule is CC=C(/C=C\C=C/C)CCO. The maximum Gasteiger partial charge on any atom is 0.0471 e. The molecule has 0 spiro atoms. The van der Waals surface area contributed by atoms with Gasteiger partial charge in [0.05, 0.1) is 0 Å². The predicted octanol–water partition coefficient (Wildman–Crippen LogP) is 2.45. The zero-order chi connectivity index (χ0) is 8.53. The minimum atomic E-state index is 0.222. The maximum absolute atomic E-state index is 8.63. The average Bonchev–Trinajstić information content (AvgIpc) is 2.03. The number of hydrogen-bond acceptors (Lipinski definition) is 1. The molecule has 0 saturated heterocycles. The lowest BCUT2D eigenvalue weighted by molar-refractivity contribution is 0.300. The third-order valence-electron chi connectivity index (χ3n) is 1.39. The molecule has 0 rings (SSSR count). The van der Waals surface area contributed by atoms with Crippen molar-refractivity contribution in [1.82, 2.24) is 0 Å². The Balaban J connectivity index is 3.88. The van der Waals surface area contributed by atoms with E-state index in [1.807, 2.05) is 44.2 Å². The van der Waals surface area contributed by atoms with Gasteiger partial charge in [0.2, 0.25) is 0 Å². The van der Waals surface area contributed by atoms with Crippen LogP contribution in [0.15, 0.2) is 36.0 Å². The smallest absolute Gasteiger partial charge is 0.0471 e. The summed E-state index contributed by atoms with van der Waals surface area (Å²) in [7, 11) is 0. The Kier molecular flexibility index (Phi) is 6.75. The van der Waals surface area contributed by atoms with Crippen LogP contribution in [0.5, 0.6) is 0 Å². The lowest BCUT2D eigenvalue weighted by Gasteiger charge is -1.94. The second-order valence-electron chi connectivity index (χ2n) is 2.22. The highest BCUT2D eigenvalue weighted by molar-refractivity contribution is 5.21. The largest absolute Gasteiger partial charge is 0.396 e. The number of hydrogen-bond donors (Lipinski definition) is 1. The molecule has 0 fully saturated rings. The Morgan fingerprint density at radius 2 is 2.00 bits per heavy atom. The first-order valence-electron chi connectivity index (χ1n) is 3.90. The van der Waals surface area contributed by atoms with Crippen molar-refractivity contribution in [2.75, 3.05) is 6.61 Å². The van der Waals surface area contributed by atoms with Crippen molar-refractivity contribution in [3.05, 3.63) is 36.0 Å². The van der Waals surface area contributed by atoms with E-state index in [1.165, 1.54) is 5.57 Å². The average molecular weight is 152 g/mol. The van der Waals surface area contributed by atoms with E-state index in [1.54, 1.807) is 0 Å². The number of allylic oxidation sites excluding steroid dienone is 5. The topological polar surface area (TPSA) is 20.2 Å². The van der Waals surface area contributed by atoms with Gasteiger partial charge in [-0.05, 0) is 20.3 Å². The molecular formula is C10H16O. The van der Waals surface area contributed by atoms with Crippen LogP contribution in [0.4, 0.5) is 0 Å². The van der Waals surface area contributed by atoms with Crippen molar-refractivity contribution < 1.29 is 5.11 Å². The summed E-state index contributed by atoms with van der Waals surface area (Å²) in [5.41, 5.74) is 1.17. The predicted molar refractivity (Wildman–Crippen MR) is 49.4 cm³/mol. The van der Waals surface area contributed by atoms with Gasteiger partial charge in [-0.1, -0.05) is 36.0 Å². The summed E-state index contributed by atoms with van der Waals surface area (Å²) in [5, 5.41) is 8.63. The molecule has 0 radical (unpaired) electrons. The second-order valence-corrected chi connectivity index (χ2v) is 2.22. The summed E-state index contributed by atoms with van der Waals surface area (Å²) in [4.78, 5) is 0. The third-order valence-corrected chi connectivity index (χ3v) is 1.39. The molecule has 0 heterocycles. The molecule has 0 bridgehead atoms. The molecule has 0 atom stereocenters. The first kappa shape index (κ1) is 10.2. The molecule has 11 heavy (non-hydrogen) atoms. The van der Waals surface area contributed by atoms with Gasteiger partial charge < -0.3 is 5.11 Å². The van der Waals surface area contributed by atoms with Crippen LogP contribution < -0.4 is 0 Å². The molecule has 1 heteroatoms. The minimum absolute atomic E-state index is 0.222. The van der Waals surface area contributed by atoms with Crippen LogP contribution >= 0.6 is 0 Å². The molecule has 0 aromatic rings. The normalized spacial score (nSPS) is 13.5. The van der Waals surface area contributed by atoms with Crippen LogP contribution in [0.1, 0.15) is 20.3 Å². The van der Waals surface area contributed by atoms with E-state index >= 15 is 0 Å². The van der Waals surface area contributed by atoms with Crippen LogP contribution in [-0.4, -0.2) is 11.7 Å². The number of aliphatic hydroxyl groups is 1. The molecule has 1 nitrogen and oxygen atoms in total. The van der Waals surface area contributed by atoms with E-state index < -0.39 is 0 Å². The van der Waals surface area contributed by atoms with Gasteiger partial charge in [-0.2, -0.15) is 0 Å². The van der Waals surface area contributed by atoms with E-state index in [4.69, 9.17) is 5.11 Å². The Hall–Kier alpha value is -0.820. The summed E-state index contributed by atoms with van der Waals surface area (Å²) < 4.78 is 0. The lowest BCUT2D eigenvalue weighted by atomic mass is 10.2. The molecule has 0 aliphatic carbocycles. The van der Waals surface area contributed by atoms with Gasteiger partial charge in [-0.3, -0.25) is 0 Å². The molecule has 0 unspecified atom stereocenters. The second kappa shape index (κ2) is 7.29. The summed E-state index contributed by atoms with van der Waals surface area (Å²) in [6.45, 7) is 4.18. The molecule has 1 N–H and O–H groups in total. The van der Waals surface area contributed by atoms with Gasteiger partial charge in [0, 0.05) is 6.61 Å². The number of aliphatic hydroxyl groups excluding tert-OH is 1. The van der Waals surface area contributed by atoms with Gasteiger partial charge in [-0.15, -0.1) is 0 Å². The van der Waals surface area contributed by atoms with Crippen molar-refractivity contribution in [2.45, 2.75) is 20.3 Å². The van der Waals surface area contributed by atoms with Crippen LogP contribution in [0.3, 0.4) is 0 Å². The van der Waals surface area contributed by atoms with Crippen LogP contribution in [0.2, 0.25) is 0 Å². The van der Waals surface area contributed by atoms with E-state index in [0.29, 0.717) is 0 Å². The van der Waals surface area contributed by atoms with Gasteiger partial charge in [-0.25, -0.2) is 0 Å². The Bertz CT molecular complexity index is 164. The summed E-state index contributed by atoms with van der Waals surface area (Å²) >= 11 is 0. The maximum atomic E-state index is 8.63. The van der Waals surface area contributed by atoms with Crippen molar-refractivity contribution in [3.63, 3.8) is 0 Å². The van der Waals surface area contributed by atoms with Crippen molar-refractivity contribution in [2.24, 2.45) is 0 Å². The van der Waals surface area contributed by atoms with E-state index in [2.05, 4.69) is 0 Å². The van der Waals surface area contributed by atoms with Crippen molar-refractivity contribution >= 4 is 0 Å². The lowest BCUT2D eigenvalue weighted by Crippen LogP contribution is -1.83. The quantitative estimate of drug-likeness (QED) is 0.613. The molecule has 0 saturated carbocycles. The zero-order valence-electron chi connectivity index (χ0n) is 7.25. The molecule has 0 aromatic carbocycles. The molecule has 0 amide bonds. The summed E-state index contributed by atoms with van der Waals surface area (Å²) in [6.07, 6.45) is 10.7. The van der Waals surface area contributed by atoms with Crippen LogP contribution in [0.25, 0.3) is 0 Å². The summed E-state index contributed by atoms with van der Waals surface area (Å²) in [5.74, 6) is 0. The Morgan fingerprint density at radius 3 is 2.45 bits per heavy atom. The van der Waals surface area contributed by atoms with Gasteiger partial charge in [0.1, 0.15) is 0 Å². The monoisotopic (exact) mass is 152 g/mol. The molecule has 0 aliphatic rings. The zero-order valence-corrected chi connectivity index (χ0v) is 7.25. The fourth-order valence-electron chi connectivity index (χ4n) is 0.743. The van der Waals surface area contributed by atoms with E-state index in [9.17, 15) is 0 Å². The van der Waals surface area contributed by atoms with E-state index in [0.717, 1.165) is 6.42 Å². The third kappa shape index (κ3) is 5.62. The van der Waals surface area contributed by atoms with Crippen LogP contribution in [0, 0.1) is 0 Å². The Morgan fingerprint density at radius 1 is 1.27 bits per heavy atom. The first-order valence-corrected chi connectivity index (χ1v) is 3.90. The van der Waals surface area contributed by atoms with Crippen molar-refractivity contribution in [1.29, 1.82) is 0 Å². The number of rotatable bonds is 4.